The number of pyridine rings is 1. The largest absolute Gasteiger partial charge is 0.453 e. The van der Waals surface area contributed by atoms with Gasteiger partial charge in [-0.05, 0) is 60.7 Å². The van der Waals surface area contributed by atoms with Gasteiger partial charge < -0.3 is 19.4 Å². The summed E-state index contributed by atoms with van der Waals surface area (Å²) in [6.45, 7) is 0. The third kappa shape index (κ3) is 5.35. The predicted molar refractivity (Wildman–Crippen MR) is 143 cm³/mol. The van der Waals surface area contributed by atoms with Crippen molar-refractivity contribution in [2.75, 3.05) is 20.4 Å². The Balaban J connectivity index is 1.52. The van der Waals surface area contributed by atoms with Gasteiger partial charge in [0, 0.05) is 44.2 Å². The Hall–Kier alpha value is -4.70. The number of aromatic nitrogens is 3. The van der Waals surface area contributed by atoms with Gasteiger partial charge in [0.15, 0.2) is 27.2 Å². The summed E-state index contributed by atoms with van der Waals surface area (Å²) < 4.78 is 35.9. The number of hydrogen-bond acceptors (Lipinski definition) is 7. The quantitative estimate of drug-likeness (QED) is 0.304. The van der Waals surface area contributed by atoms with Crippen LogP contribution < -0.4 is 9.47 Å². The summed E-state index contributed by atoms with van der Waals surface area (Å²) in [5, 5.41) is 0. The van der Waals surface area contributed by atoms with Crippen molar-refractivity contribution in [3.05, 3.63) is 90.6 Å². The molecule has 10 heteroatoms. The first-order valence-electron chi connectivity index (χ1n) is 11.6. The molecular formula is C28H24N4O5S. The van der Waals surface area contributed by atoms with E-state index in [2.05, 4.69) is 15.0 Å². The summed E-state index contributed by atoms with van der Waals surface area (Å²) in [6, 6.07) is 22.0. The number of benzene rings is 3. The van der Waals surface area contributed by atoms with Crippen LogP contribution in [0.4, 0.5) is 0 Å². The number of nitrogens with one attached hydrogen (secondary N) is 1. The Kier molecular flexibility index (Phi) is 6.56. The monoisotopic (exact) mass is 528 g/mol. The summed E-state index contributed by atoms with van der Waals surface area (Å²) in [5.41, 5.74) is 2.56. The summed E-state index contributed by atoms with van der Waals surface area (Å²) in [7, 11) is 0.0479. The van der Waals surface area contributed by atoms with Crippen LogP contribution in [0, 0.1) is 0 Å². The van der Waals surface area contributed by atoms with Gasteiger partial charge in [0.25, 0.3) is 5.91 Å². The molecule has 0 atom stereocenters. The lowest BCUT2D eigenvalue weighted by molar-refractivity contribution is 0.0827. The SMILES string of the molecule is CN(C)C(=O)c1ccc(Oc2cc3nc(-c4ccccn4)[nH]c3cc2Oc2ccc(S(C)(=O)=O)cc2)cc1. The molecule has 0 bridgehead atoms. The molecule has 192 valence electrons. The van der Waals surface area contributed by atoms with E-state index >= 15 is 0 Å². The molecule has 0 fully saturated rings. The summed E-state index contributed by atoms with van der Waals surface area (Å²) in [5.74, 6) is 2.17. The van der Waals surface area contributed by atoms with Gasteiger partial charge in [-0.3, -0.25) is 9.78 Å². The number of imidazole rings is 1. The summed E-state index contributed by atoms with van der Waals surface area (Å²) in [6.07, 6.45) is 2.84. The zero-order chi connectivity index (χ0) is 26.9. The fourth-order valence-corrected chi connectivity index (χ4v) is 4.36. The molecule has 0 unspecified atom stereocenters. The van der Waals surface area contributed by atoms with Gasteiger partial charge >= 0.3 is 0 Å². The molecule has 2 heterocycles. The molecule has 2 aromatic heterocycles. The highest BCUT2D eigenvalue weighted by molar-refractivity contribution is 7.90. The first-order chi connectivity index (χ1) is 18.2. The van der Waals surface area contributed by atoms with E-state index < -0.39 is 9.84 Å². The number of nitrogens with zero attached hydrogens (tertiary/aromatic N) is 3. The first kappa shape index (κ1) is 25.0. The molecule has 1 amide bonds. The van der Waals surface area contributed by atoms with Gasteiger partial charge in [-0.25, -0.2) is 13.4 Å². The van der Waals surface area contributed by atoms with E-state index in [1.165, 1.54) is 17.0 Å². The van der Waals surface area contributed by atoms with Crippen LogP contribution in [0.5, 0.6) is 23.0 Å². The smallest absolute Gasteiger partial charge is 0.253 e. The predicted octanol–water partition coefficient (Wildman–Crippen LogP) is 5.31. The number of aromatic amines is 1. The van der Waals surface area contributed by atoms with Crippen LogP contribution in [-0.2, 0) is 9.84 Å². The lowest BCUT2D eigenvalue weighted by Crippen LogP contribution is -2.21. The van der Waals surface area contributed by atoms with Crippen LogP contribution in [0.15, 0.2) is 90.0 Å². The van der Waals surface area contributed by atoms with Crippen LogP contribution in [0.25, 0.3) is 22.6 Å². The Morgan fingerprint density at radius 1 is 0.868 bits per heavy atom. The molecule has 0 radical (unpaired) electrons. The van der Waals surface area contributed by atoms with E-state index in [1.807, 2.05) is 18.2 Å². The minimum atomic E-state index is -3.34. The molecule has 38 heavy (non-hydrogen) atoms. The normalized spacial score (nSPS) is 11.3. The maximum absolute atomic E-state index is 12.2. The van der Waals surface area contributed by atoms with Crippen LogP contribution in [0.1, 0.15) is 10.4 Å². The number of rotatable bonds is 7. The molecule has 1 N–H and O–H groups in total. The van der Waals surface area contributed by atoms with Crippen molar-refractivity contribution in [2.45, 2.75) is 4.90 Å². The van der Waals surface area contributed by atoms with Crippen molar-refractivity contribution in [1.82, 2.24) is 19.9 Å². The second kappa shape index (κ2) is 9.98. The highest BCUT2D eigenvalue weighted by Gasteiger charge is 2.16. The topological polar surface area (TPSA) is 114 Å². The number of fused-ring (bicyclic) bond motifs is 1. The zero-order valence-electron chi connectivity index (χ0n) is 20.9. The van der Waals surface area contributed by atoms with Crippen molar-refractivity contribution in [3.63, 3.8) is 0 Å². The minimum Gasteiger partial charge on any atom is -0.453 e. The zero-order valence-corrected chi connectivity index (χ0v) is 21.7. The van der Waals surface area contributed by atoms with E-state index in [0.29, 0.717) is 51.1 Å². The molecule has 9 nitrogen and oxygen atoms in total. The van der Waals surface area contributed by atoms with Gasteiger partial charge in [0.2, 0.25) is 0 Å². The van der Waals surface area contributed by atoms with Gasteiger partial charge in [0.1, 0.15) is 17.2 Å². The summed E-state index contributed by atoms with van der Waals surface area (Å²) >= 11 is 0. The molecule has 3 aromatic carbocycles. The van der Waals surface area contributed by atoms with Crippen molar-refractivity contribution < 1.29 is 22.7 Å². The third-order valence-corrected chi connectivity index (χ3v) is 6.80. The molecule has 0 saturated carbocycles. The van der Waals surface area contributed by atoms with E-state index in [1.54, 1.807) is 68.8 Å². The van der Waals surface area contributed by atoms with Gasteiger partial charge in [-0.15, -0.1) is 0 Å². The number of carbonyl (C=O) groups excluding carboxylic acids is 1. The lowest BCUT2D eigenvalue weighted by Gasteiger charge is -2.14. The number of ether oxygens (including phenoxy) is 2. The van der Waals surface area contributed by atoms with E-state index in [9.17, 15) is 13.2 Å². The average molecular weight is 529 g/mol. The molecule has 0 spiro atoms. The molecule has 0 aliphatic heterocycles. The Bertz CT molecular complexity index is 1710. The fourth-order valence-electron chi connectivity index (χ4n) is 3.73. The molecular weight excluding hydrogens is 504 g/mol. The summed E-state index contributed by atoms with van der Waals surface area (Å²) in [4.78, 5) is 26.2. The number of carbonyl (C=O) groups is 1. The van der Waals surface area contributed by atoms with Crippen LogP contribution in [-0.4, -0.2) is 54.5 Å². The minimum absolute atomic E-state index is 0.113. The average Bonchev–Trinajstić information content (AvgIpc) is 3.32. The van der Waals surface area contributed by atoms with Crippen molar-refractivity contribution in [1.29, 1.82) is 0 Å². The fraction of sp³-hybridized carbons (Fsp3) is 0.107. The lowest BCUT2D eigenvalue weighted by atomic mass is 10.2. The first-order valence-corrected chi connectivity index (χ1v) is 13.5. The number of H-pyrrole nitrogens is 1. The Morgan fingerprint density at radius 3 is 2.08 bits per heavy atom. The maximum Gasteiger partial charge on any atom is 0.253 e. The Morgan fingerprint density at radius 2 is 1.50 bits per heavy atom. The number of amides is 1. The van der Waals surface area contributed by atoms with Gasteiger partial charge in [0.05, 0.1) is 15.9 Å². The standard InChI is InChI=1S/C28H24N4O5S/c1-32(2)28(33)18-7-9-19(10-8-18)36-25-16-23-24(31-27(30-23)22-6-4-5-15-29-22)17-26(25)37-20-11-13-21(14-12-20)38(3,34)35/h4-17H,1-3H3,(H,30,31). The van der Waals surface area contributed by atoms with Crippen LogP contribution in [0.2, 0.25) is 0 Å². The molecule has 0 aliphatic carbocycles. The van der Waals surface area contributed by atoms with Crippen LogP contribution >= 0.6 is 0 Å². The Labute approximate surface area is 219 Å². The number of hydrogen-bond donors (Lipinski definition) is 1. The van der Waals surface area contributed by atoms with E-state index in [0.717, 1.165) is 6.26 Å². The van der Waals surface area contributed by atoms with E-state index in [4.69, 9.17) is 9.47 Å². The molecule has 5 aromatic rings. The molecule has 0 saturated heterocycles. The molecule has 0 aliphatic rings. The highest BCUT2D eigenvalue weighted by Crippen LogP contribution is 2.38. The van der Waals surface area contributed by atoms with Crippen LogP contribution in [0.3, 0.4) is 0 Å². The number of sulfone groups is 1. The second-order valence-corrected chi connectivity index (χ2v) is 10.8. The van der Waals surface area contributed by atoms with Gasteiger partial charge in [-0.2, -0.15) is 0 Å². The van der Waals surface area contributed by atoms with E-state index in [-0.39, 0.29) is 10.8 Å². The highest BCUT2D eigenvalue weighted by atomic mass is 32.2. The maximum atomic E-state index is 12.2. The van der Waals surface area contributed by atoms with Crippen molar-refractivity contribution in [2.24, 2.45) is 0 Å². The third-order valence-electron chi connectivity index (χ3n) is 5.67. The van der Waals surface area contributed by atoms with Crippen molar-refractivity contribution in [3.8, 4) is 34.5 Å². The van der Waals surface area contributed by atoms with Gasteiger partial charge in [-0.1, -0.05) is 6.07 Å². The second-order valence-electron chi connectivity index (χ2n) is 8.79. The van der Waals surface area contributed by atoms with Crippen molar-refractivity contribution >= 4 is 26.8 Å². The molecule has 5 rings (SSSR count).